The lowest BCUT2D eigenvalue weighted by Crippen LogP contribution is -2.47. The van der Waals surface area contributed by atoms with E-state index in [-0.39, 0.29) is 5.60 Å². The van der Waals surface area contributed by atoms with Gasteiger partial charge in [0.05, 0.1) is 11.7 Å². The molecule has 0 aromatic heterocycles. The summed E-state index contributed by atoms with van der Waals surface area (Å²) in [6, 6.07) is 2.15. The molecule has 18 heavy (non-hydrogen) atoms. The molecule has 1 saturated heterocycles. The fraction of sp³-hybridized carbons (Fsp3) is 0.929. The van der Waals surface area contributed by atoms with Gasteiger partial charge in [0.25, 0.3) is 0 Å². The Balaban J connectivity index is 2.22. The molecule has 4 nitrogen and oxygen atoms in total. The summed E-state index contributed by atoms with van der Waals surface area (Å²) >= 11 is 0. The van der Waals surface area contributed by atoms with Gasteiger partial charge in [0, 0.05) is 13.7 Å². The molecule has 4 heteroatoms. The summed E-state index contributed by atoms with van der Waals surface area (Å²) in [6.45, 7) is 7.25. The van der Waals surface area contributed by atoms with Crippen LogP contribution >= 0.6 is 0 Å². The Morgan fingerprint density at radius 1 is 1.50 bits per heavy atom. The molecule has 104 valence electrons. The number of hydrogen-bond acceptors (Lipinski definition) is 4. The number of rotatable bonds is 6. The summed E-state index contributed by atoms with van der Waals surface area (Å²) < 4.78 is 5.58. The third-order valence-electron chi connectivity index (χ3n) is 3.91. The largest absolute Gasteiger partial charge is 0.377 e. The second-order valence-electron chi connectivity index (χ2n) is 6.02. The molecule has 0 saturated carbocycles. The Labute approximate surface area is 111 Å². The van der Waals surface area contributed by atoms with Crippen molar-refractivity contribution in [2.75, 3.05) is 26.7 Å². The third kappa shape index (κ3) is 4.93. The van der Waals surface area contributed by atoms with E-state index in [4.69, 9.17) is 15.7 Å². The number of nitrogens with two attached hydrogens (primary N) is 1. The Bertz CT molecular complexity index is 298. The van der Waals surface area contributed by atoms with Crippen molar-refractivity contribution in [1.29, 1.82) is 5.26 Å². The van der Waals surface area contributed by atoms with Crippen molar-refractivity contribution in [2.24, 2.45) is 5.73 Å². The first-order valence-corrected chi connectivity index (χ1v) is 6.88. The highest BCUT2D eigenvalue weighted by Gasteiger charge is 2.30. The number of ether oxygens (including phenoxy) is 1. The summed E-state index contributed by atoms with van der Waals surface area (Å²) in [5.41, 5.74) is 5.16. The van der Waals surface area contributed by atoms with Gasteiger partial charge in [-0.2, -0.15) is 5.26 Å². The molecule has 0 spiro atoms. The summed E-state index contributed by atoms with van der Waals surface area (Å²) in [7, 11) is 1.80. The van der Waals surface area contributed by atoms with Gasteiger partial charge in [-0.3, -0.25) is 0 Å². The lowest BCUT2D eigenvalue weighted by Gasteiger charge is -2.39. The molecule has 0 amide bonds. The minimum Gasteiger partial charge on any atom is -0.377 e. The third-order valence-corrected chi connectivity index (χ3v) is 3.91. The van der Waals surface area contributed by atoms with E-state index >= 15 is 0 Å². The monoisotopic (exact) mass is 253 g/mol. The Morgan fingerprint density at radius 2 is 2.22 bits per heavy atom. The lowest BCUT2D eigenvalue weighted by atomic mass is 9.94. The van der Waals surface area contributed by atoms with E-state index in [1.165, 1.54) is 6.42 Å². The molecular weight excluding hydrogens is 226 g/mol. The molecule has 2 unspecified atom stereocenters. The highest BCUT2D eigenvalue weighted by molar-refractivity contribution is 5.00. The standard InChI is InChI=1S/C14H27N3O/c1-13(16,11-15)7-4-5-9-17-10-6-8-14(2,12-17)18-3/h4-10,12,16H2,1-3H3. The molecule has 0 aromatic rings. The van der Waals surface area contributed by atoms with Gasteiger partial charge in [-0.05, 0) is 59.0 Å². The number of unbranched alkanes of at least 4 members (excludes halogenated alkanes) is 1. The van der Waals surface area contributed by atoms with Crippen LogP contribution in [0.25, 0.3) is 0 Å². The van der Waals surface area contributed by atoms with Gasteiger partial charge in [-0.1, -0.05) is 0 Å². The van der Waals surface area contributed by atoms with Gasteiger partial charge in [0.2, 0.25) is 0 Å². The van der Waals surface area contributed by atoms with Crippen molar-refractivity contribution in [3.8, 4) is 6.07 Å². The van der Waals surface area contributed by atoms with Gasteiger partial charge in [-0.15, -0.1) is 0 Å². The second kappa shape index (κ2) is 6.51. The average molecular weight is 253 g/mol. The maximum atomic E-state index is 8.84. The number of likely N-dealkylation sites (tertiary alicyclic amines) is 1. The SMILES string of the molecule is COC1(C)CCCN(CCCCC(C)(N)C#N)C1. The number of piperidine rings is 1. The van der Waals surface area contributed by atoms with Gasteiger partial charge >= 0.3 is 0 Å². The van der Waals surface area contributed by atoms with Crippen molar-refractivity contribution in [1.82, 2.24) is 4.90 Å². The average Bonchev–Trinajstić information content (AvgIpc) is 2.35. The van der Waals surface area contributed by atoms with Crippen LogP contribution in [0.3, 0.4) is 0 Å². The topological polar surface area (TPSA) is 62.3 Å². The zero-order valence-corrected chi connectivity index (χ0v) is 12.0. The lowest BCUT2D eigenvalue weighted by molar-refractivity contribution is -0.0508. The molecule has 1 rings (SSSR count). The van der Waals surface area contributed by atoms with Gasteiger partial charge in [0.15, 0.2) is 0 Å². The van der Waals surface area contributed by atoms with Crippen molar-refractivity contribution < 1.29 is 4.74 Å². The fourth-order valence-electron chi connectivity index (χ4n) is 2.55. The normalized spacial score (nSPS) is 28.6. The highest BCUT2D eigenvalue weighted by Crippen LogP contribution is 2.24. The minimum absolute atomic E-state index is 0.0211. The van der Waals surface area contributed by atoms with Crippen LogP contribution < -0.4 is 5.73 Å². The van der Waals surface area contributed by atoms with Crippen LogP contribution in [0.4, 0.5) is 0 Å². The van der Waals surface area contributed by atoms with Crippen LogP contribution in [0.5, 0.6) is 0 Å². The zero-order chi connectivity index (χ0) is 13.6. The molecule has 1 aliphatic rings. The van der Waals surface area contributed by atoms with Gasteiger partial charge < -0.3 is 15.4 Å². The summed E-state index contributed by atoms with van der Waals surface area (Å²) in [6.07, 6.45) is 5.25. The first-order valence-electron chi connectivity index (χ1n) is 6.88. The molecule has 1 fully saturated rings. The number of hydrogen-bond donors (Lipinski definition) is 1. The van der Waals surface area contributed by atoms with Crippen molar-refractivity contribution in [3.05, 3.63) is 0 Å². The molecule has 0 aromatic carbocycles. The molecule has 2 atom stereocenters. The van der Waals surface area contributed by atoms with E-state index in [0.29, 0.717) is 0 Å². The molecular formula is C14H27N3O. The van der Waals surface area contributed by atoms with Crippen LogP contribution in [0.2, 0.25) is 0 Å². The van der Waals surface area contributed by atoms with E-state index in [9.17, 15) is 0 Å². The molecule has 1 heterocycles. The molecule has 0 bridgehead atoms. The molecule has 0 radical (unpaired) electrons. The summed E-state index contributed by atoms with van der Waals surface area (Å²) in [5.74, 6) is 0. The Morgan fingerprint density at radius 3 is 2.83 bits per heavy atom. The van der Waals surface area contributed by atoms with E-state index in [1.807, 2.05) is 0 Å². The number of nitrogens with zero attached hydrogens (tertiary/aromatic N) is 2. The van der Waals surface area contributed by atoms with E-state index in [1.54, 1.807) is 14.0 Å². The predicted molar refractivity (Wildman–Crippen MR) is 73.1 cm³/mol. The highest BCUT2D eigenvalue weighted by atomic mass is 16.5. The van der Waals surface area contributed by atoms with E-state index < -0.39 is 5.54 Å². The second-order valence-corrected chi connectivity index (χ2v) is 6.02. The maximum absolute atomic E-state index is 8.84. The summed E-state index contributed by atoms with van der Waals surface area (Å²) in [4.78, 5) is 2.47. The van der Waals surface area contributed by atoms with Crippen molar-refractivity contribution in [3.63, 3.8) is 0 Å². The van der Waals surface area contributed by atoms with E-state index in [0.717, 1.165) is 45.3 Å². The first-order chi connectivity index (χ1) is 8.41. The van der Waals surface area contributed by atoms with Crippen LogP contribution in [0, 0.1) is 11.3 Å². The van der Waals surface area contributed by atoms with Crippen molar-refractivity contribution >= 4 is 0 Å². The van der Waals surface area contributed by atoms with Crippen LogP contribution in [0.1, 0.15) is 46.0 Å². The Kier molecular flexibility index (Phi) is 5.58. The number of methoxy groups -OCH3 is 1. The molecule has 1 aliphatic heterocycles. The van der Waals surface area contributed by atoms with Gasteiger partial charge in [0.1, 0.15) is 5.54 Å². The number of nitriles is 1. The predicted octanol–water partition coefficient (Wildman–Crippen LogP) is 1.90. The molecule has 2 N–H and O–H groups in total. The molecule has 0 aliphatic carbocycles. The van der Waals surface area contributed by atoms with Crippen molar-refractivity contribution in [2.45, 2.75) is 57.1 Å². The summed E-state index contributed by atoms with van der Waals surface area (Å²) in [5, 5.41) is 8.84. The Hall–Kier alpha value is -0.630. The van der Waals surface area contributed by atoms with Crippen LogP contribution in [-0.4, -0.2) is 42.8 Å². The first kappa shape index (κ1) is 15.4. The van der Waals surface area contributed by atoms with Crippen LogP contribution in [-0.2, 0) is 4.74 Å². The maximum Gasteiger partial charge on any atom is 0.101 e. The fourth-order valence-corrected chi connectivity index (χ4v) is 2.55. The quantitative estimate of drug-likeness (QED) is 0.734. The van der Waals surface area contributed by atoms with Gasteiger partial charge in [-0.25, -0.2) is 0 Å². The zero-order valence-electron chi connectivity index (χ0n) is 12.0. The van der Waals surface area contributed by atoms with E-state index in [2.05, 4.69) is 17.9 Å². The van der Waals surface area contributed by atoms with Crippen LogP contribution in [0.15, 0.2) is 0 Å². The minimum atomic E-state index is -0.664. The smallest absolute Gasteiger partial charge is 0.101 e.